The molecule has 0 saturated carbocycles. The SMILES string of the molecule is CCCNC(C)C(C)OCCOC. The maximum absolute atomic E-state index is 5.55. The molecule has 0 aromatic heterocycles. The van der Waals surface area contributed by atoms with E-state index in [1.165, 1.54) is 0 Å². The van der Waals surface area contributed by atoms with Gasteiger partial charge in [0.05, 0.1) is 19.3 Å². The van der Waals surface area contributed by atoms with Gasteiger partial charge in [-0.3, -0.25) is 0 Å². The molecular formula is C10H23NO2. The number of rotatable bonds is 8. The van der Waals surface area contributed by atoms with Crippen LogP contribution in [0.4, 0.5) is 0 Å². The fraction of sp³-hybridized carbons (Fsp3) is 1.00. The molecule has 0 aliphatic rings. The molecule has 0 radical (unpaired) electrons. The number of nitrogens with one attached hydrogen (secondary N) is 1. The maximum Gasteiger partial charge on any atom is 0.0704 e. The lowest BCUT2D eigenvalue weighted by Gasteiger charge is -2.21. The van der Waals surface area contributed by atoms with Gasteiger partial charge in [0.1, 0.15) is 0 Å². The summed E-state index contributed by atoms with van der Waals surface area (Å²) in [5.41, 5.74) is 0. The van der Waals surface area contributed by atoms with Gasteiger partial charge >= 0.3 is 0 Å². The van der Waals surface area contributed by atoms with Crippen molar-refractivity contribution in [2.24, 2.45) is 0 Å². The number of methoxy groups -OCH3 is 1. The highest BCUT2D eigenvalue weighted by Gasteiger charge is 2.10. The lowest BCUT2D eigenvalue weighted by molar-refractivity contribution is 0.0110. The number of ether oxygens (including phenoxy) is 2. The van der Waals surface area contributed by atoms with Crippen LogP contribution in [0.15, 0.2) is 0 Å². The fourth-order valence-electron chi connectivity index (χ4n) is 1.000. The first kappa shape index (κ1) is 12.9. The minimum Gasteiger partial charge on any atom is -0.382 e. The molecule has 0 bridgehead atoms. The van der Waals surface area contributed by atoms with Crippen LogP contribution in [-0.2, 0) is 9.47 Å². The Morgan fingerprint density at radius 1 is 1.23 bits per heavy atom. The monoisotopic (exact) mass is 189 g/mol. The zero-order chi connectivity index (χ0) is 10.1. The van der Waals surface area contributed by atoms with Gasteiger partial charge in [-0.2, -0.15) is 0 Å². The predicted octanol–water partition coefficient (Wildman–Crippen LogP) is 1.43. The number of hydrogen-bond acceptors (Lipinski definition) is 3. The Morgan fingerprint density at radius 3 is 2.46 bits per heavy atom. The Balaban J connectivity index is 3.38. The van der Waals surface area contributed by atoms with Crippen LogP contribution in [0.5, 0.6) is 0 Å². The third-order valence-electron chi connectivity index (χ3n) is 2.09. The molecule has 0 fully saturated rings. The summed E-state index contributed by atoms with van der Waals surface area (Å²) < 4.78 is 10.5. The third-order valence-corrected chi connectivity index (χ3v) is 2.09. The van der Waals surface area contributed by atoms with Crippen LogP contribution in [0.2, 0.25) is 0 Å². The number of hydrogen-bond donors (Lipinski definition) is 1. The Bertz CT molecular complexity index is 109. The fourth-order valence-corrected chi connectivity index (χ4v) is 1.000. The van der Waals surface area contributed by atoms with E-state index in [9.17, 15) is 0 Å². The van der Waals surface area contributed by atoms with E-state index in [0.29, 0.717) is 19.3 Å². The predicted molar refractivity (Wildman–Crippen MR) is 55.0 cm³/mol. The maximum atomic E-state index is 5.55. The van der Waals surface area contributed by atoms with Crippen molar-refractivity contribution in [2.45, 2.75) is 39.3 Å². The molecule has 0 saturated heterocycles. The first-order valence-corrected chi connectivity index (χ1v) is 5.06. The Labute approximate surface area is 81.8 Å². The van der Waals surface area contributed by atoms with Gasteiger partial charge in [0.15, 0.2) is 0 Å². The third kappa shape index (κ3) is 6.99. The van der Waals surface area contributed by atoms with Gasteiger partial charge in [0, 0.05) is 13.2 Å². The minimum absolute atomic E-state index is 0.252. The first-order chi connectivity index (χ1) is 6.22. The van der Waals surface area contributed by atoms with Crippen molar-refractivity contribution in [1.82, 2.24) is 5.32 Å². The molecule has 3 heteroatoms. The second kappa shape index (κ2) is 8.48. The van der Waals surface area contributed by atoms with Crippen LogP contribution < -0.4 is 5.32 Å². The minimum atomic E-state index is 0.252. The van der Waals surface area contributed by atoms with Gasteiger partial charge in [-0.05, 0) is 26.8 Å². The molecule has 0 aliphatic carbocycles. The van der Waals surface area contributed by atoms with Crippen molar-refractivity contribution in [3.63, 3.8) is 0 Å². The van der Waals surface area contributed by atoms with Crippen LogP contribution in [0, 0.1) is 0 Å². The molecule has 0 spiro atoms. The van der Waals surface area contributed by atoms with Crippen LogP contribution in [-0.4, -0.2) is 39.0 Å². The summed E-state index contributed by atoms with van der Waals surface area (Å²) >= 11 is 0. The molecule has 2 unspecified atom stereocenters. The molecule has 80 valence electrons. The Morgan fingerprint density at radius 2 is 1.92 bits per heavy atom. The van der Waals surface area contributed by atoms with Crippen LogP contribution >= 0.6 is 0 Å². The van der Waals surface area contributed by atoms with E-state index in [1.807, 2.05) is 0 Å². The highest BCUT2D eigenvalue weighted by Crippen LogP contribution is 1.97. The van der Waals surface area contributed by atoms with E-state index >= 15 is 0 Å². The topological polar surface area (TPSA) is 30.5 Å². The summed E-state index contributed by atoms with van der Waals surface area (Å²) in [6.07, 6.45) is 1.41. The molecule has 0 rings (SSSR count). The van der Waals surface area contributed by atoms with Crippen LogP contribution in [0.1, 0.15) is 27.2 Å². The van der Waals surface area contributed by atoms with Crippen molar-refractivity contribution in [3.05, 3.63) is 0 Å². The highest BCUT2D eigenvalue weighted by atomic mass is 16.5. The van der Waals surface area contributed by atoms with E-state index in [0.717, 1.165) is 13.0 Å². The molecule has 13 heavy (non-hydrogen) atoms. The second-order valence-corrected chi connectivity index (χ2v) is 3.31. The van der Waals surface area contributed by atoms with E-state index < -0.39 is 0 Å². The van der Waals surface area contributed by atoms with Gasteiger partial charge in [0.2, 0.25) is 0 Å². The molecule has 0 amide bonds. The average molecular weight is 189 g/mol. The molecule has 0 heterocycles. The Hall–Kier alpha value is -0.120. The molecule has 0 aliphatic heterocycles. The normalized spacial score (nSPS) is 15.7. The van der Waals surface area contributed by atoms with Crippen molar-refractivity contribution in [2.75, 3.05) is 26.9 Å². The quantitative estimate of drug-likeness (QED) is 0.586. The first-order valence-electron chi connectivity index (χ1n) is 5.06. The molecule has 1 N–H and O–H groups in total. The van der Waals surface area contributed by atoms with Crippen molar-refractivity contribution >= 4 is 0 Å². The lowest BCUT2D eigenvalue weighted by atomic mass is 10.2. The van der Waals surface area contributed by atoms with E-state index in [4.69, 9.17) is 9.47 Å². The van der Waals surface area contributed by atoms with E-state index in [2.05, 4.69) is 26.1 Å². The molecular weight excluding hydrogens is 166 g/mol. The summed E-state index contributed by atoms with van der Waals surface area (Å²) in [5.74, 6) is 0. The van der Waals surface area contributed by atoms with Gasteiger partial charge in [-0.15, -0.1) is 0 Å². The van der Waals surface area contributed by atoms with Gasteiger partial charge in [-0.25, -0.2) is 0 Å². The standard InChI is InChI=1S/C10H23NO2/c1-5-6-11-9(2)10(3)13-8-7-12-4/h9-11H,5-8H2,1-4H3. The summed E-state index contributed by atoms with van der Waals surface area (Å²) in [6, 6.07) is 0.414. The molecule has 2 atom stereocenters. The van der Waals surface area contributed by atoms with Crippen molar-refractivity contribution in [3.8, 4) is 0 Å². The van der Waals surface area contributed by atoms with Crippen LogP contribution in [0.3, 0.4) is 0 Å². The molecule has 3 nitrogen and oxygen atoms in total. The Kier molecular flexibility index (Phi) is 8.40. The summed E-state index contributed by atoms with van der Waals surface area (Å²) in [6.45, 7) is 8.80. The molecule has 0 aromatic carbocycles. The zero-order valence-corrected chi connectivity index (χ0v) is 9.30. The summed E-state index contributed by atoms with van der Waals surface area (Å²) in [5, 5.41) is 3.39. The summed E-state index contributed by atoms with van der Waals surface area (Å²) in [4.78, 5) is 0. The lowest BCUT2D eigenvalue weighted by Crippen LogP contribution is -2.38. The van der Waals surface area contributed by atoms with Gasteiger partial charge < -0.3 is 14.8 Å². The molecule has 0 aromatic rings. The largest absolute Gasteiger partial charge is 0.382 e. The van der Waals surface area contributed by atoms with Crippen LogP contribution in [0.25, 0.3) is 0 Å². The van der Waals surface area contributed by atoms with Crippen molar-refractivity contribution < 1.29 is 9.47 Å². The summed E-state index contributed by atoms with van der Waals surface area (Å²) in [7, 11) is 1.69. The van der Waals surface area contributed by atoms with Crippen molar-refractivity contribution in [1.29, 1.82) is 0 Å². The van der Waals surface area contributed by atoms with E-state index in [-0.39, 0.29) is 6.10 Å². The average Bonchev–Trinajstić information content (AvgIpc) is 2.14. The highest BCUT2D eigenvalue weighted by molar-refractivity contribution is 4.67. The van der Waals surface area contributed by atoms with E-state index in [1.54, 1.807) is 7.11 Å². The van der Waals surface area contributed by atoms with Gasteiger partial charge in [0.25, 0.3) is 0 Å². The zero-order valence-electron chi connectivity index (χ0n) is 9.30. The van der Waals surface area contributed by atoms with Gasteiger partial charge in [-0.1, -0.05) is 6.92 Å². The smallest absolute Gasteiger partial charge is 0.0704 e. The second-order valence-electron chi connectivity index (χ2n) is 3.31.